The third kappa shape index (κ3) is 5.65. The smallest absolute Gasteiger partial charge is 0.337 e. The van der Waals surface area contributed by atoms with E-state index < -0.39 is 10.0 Å². The second-order valence-electron chi connectivity index (χ2n) is 9.69. The van der Waals surface area contributed by atoms with Crippen molar-refractivity contribution in [1.29, 1.82) is 0 Å². The zero-order valence-corrected chi connectivity index (χ0v) is 21.4. The fourth-order valence-corrected chi connectivity index (χ4v) is 6.13. The number of benzene rings is 2. The van der Waals surface area contributed by atoms with Crippen molar-refractivity contribution in [1.82, 2.24) is 14.7 Å². The molecule has 186 valence electrons. The second kappa shape index (κ2) is 10.3. The van der Waals surface area contributed by atoms with E-state index in [-0.39, 0.29) is 16.8 Å². The average Bonchev–Trinajstić information content (AvgIpc) is 3.25. The maximum atomic E-state index is 12.7. The first kappa shape index (κ1) is 25.1. The normalized spacial score (nSPS) is 20.7. The molecule has 35 heavy (non-hydrogen) atoms. The zero-order chi connectivity index (χ0) is 25.2. The summed E-state index contributed by atoms with van der Waals surface area (Å²) < 4.78 is 33.1. The standard InChI is InChI=1S/C27H33N3O4S/c1-17(2)23-13-20(15-26-29-24-11-10-19(27(31)34-4)14-25(24)30-26)18(3)12-21(23)16-28-35(32,33)22-8-6-5-7-9-22/h5-12,14,17,20-21,23,28H,13,15-16H2,1-4H3,(H,29,30). The highest BCUT2D eigenvalue weighted by Crippen LogP contribution is 2.38. The molecule has 3 aromatic rings. The molecule has 0 saturated heterocycles. The largest absolute Gasteiger partial charge is 0.465 e. The summed E-state index contributed by atoms with van der Waals surface area (Å²) in [5, 5.41) is 0. The predicted molar refractivity (Wildman–Crippen MR) is 136 cm³/mol. The van der Waals surface area contributed by atoms with Gasteiger partial charge in [0.2, 0.25) is 10.0 Å². The van der Waals surface area contributed by atoms with Crippen LogP contribution in [0, 0.1) is 23.7 Å². The van der Waals surface area contributed by atoms with Gasteiger partial charge in [-0.15, -0.1) is 0 Å². The lowest BCUT2D eigenvalue weighted by Gasteiger charge is -2.37. The van der Waals surface area contributed by atoms with Gasteiger partial charge in [-0.2, -0.15) is 0 Å². The molecule has 0 bridgehead atoms. The number of H-pyrrole nitrogens is 1. The number of aromatic nitrogens is 2. The first-order chi connectivity index (χ1) is 16.7. The van der Waals surface area contributed by atoms with Crippen molar-refractivity contribution in [2.45, 2.75) is 38.5 Å². The number of nitrogens with zero attached hydrogens (tertiary/aromatic N) is 1. The van der Waals surface area contributed by atoms with E-state index in [1.165, 1.54) is 12.7 Å². The maximum Gasteiger partial charge on any atom is 0.337 e. The molecule has 0 aliphatic heterocycles. The Morgan fingerprint density at radius 3 is 2.63 bits per heavy atom. The first-order valence-electron chi connectivity index (χ1n) is 12.0. The van der Waals surface area contributed by atoms with E-state index in [1.807, 2.05) is 6.07 Å². The van der Waals surface area contributed by atoms with Crippen molar-refractivity contribution in [3.05, 3.63) is 71.6 Å². The molecule has 4 rings (SSSR count). The molecule has 1 aromatic heterocycles. The number of fused-ring (bicyclic) bond motifs is 1. The van der Waals surface area contributed by atoms with Gasteiger partial charge in [0, 0.05) is 13.0 Å². The van der Waals surface area contributed by atoms with E-state index >= 15 is 0 Å². The number of nitrogens with one attached hydrogen (secondary N) is 2. The number of carbonyl (C=O) groups excluding carboxylic acids is 1. The Hall–Kier alpha value is -2.97. The highest BCUT2D eigenvalue weighted by molar-refractivity contribution is 7.89. The SMILES string of the molecule is COC(=O)c1ccc2nc(CC3CC(C(C)C)C(CNS(=O)(=O)c4ccccc4)C=C3C)[nH]c2c1. The molecule has 0 spiro atoms. The third-order valence-corrected chi connectivity index (χ3v) is 8.48. The Kier molecular flexibility index (Phi) is 7.42. The van der Waals surface area contributed by atoms with Gasteiger partial charge in [0.15, 0.2) is 0 Å². The minimum Gasteiger partial charge on any atom is -0.465 e. The number of rotatable bonds is 8. The van der Waals surface area contributed by atoms with E-state index in [0.717, 1.165) is 29.7 Å². The van der Waals surface area contributed by atoms with Gasteiger partial charge in [-0.3, -0.25) is 0 Å². The molecule has 2 N–H and O–H groups in total. The number of esters is 1. The molecule has 7 nitrogen and oxygen atoms in total. The van der Waals surface area contributed by atoms with Crippen LogP contribution in [0.2, 0.25) is 0 Å². The van der Waals surface area contributed by atoms with Gasteiger partial charge in [0.05, 0.1) is 28.6 Å². The molecule has 8 heteroatoms. The fraction of sp³-hybridized carbons (Fsp3) is 0.407. The van der Waals surface area contributed by atoms with Crippen LogP contribution in [0.25, 0.3) is 11.0 Å². The highest BCUT2D eigenvalue weighted by atomic mass is 32.2. The lowest BCUT2D eigenvalue weighted by Crippen LogP contribution is -2.37. The molecule has 0 saturated carbocycles. The van der Waals surface area contributed by atoms with Crippen molar-refractivity contribution < 1.29 is 17.9 Å². The van der Waals surface area contributed by atoms with Crippen LogP contribution in [-0.4, -0.2) is 38.0 Å². The zero-order valence-electron chi connectivity index (χ0n) is 20.6. The number of hydrogen-bond acceptors (Lipinski definition) is 5. The van der Waals surface area contributed by atoms with Crippen LogP contribution < -0.4 is 4.72 Å². The summed E-state index contributed by atoms with van der Waals surface area (Å²) in [6, 6.07) is 13.8. The van der Waals surface area contributed by atoms with Crippen LogP contribution in [0.15, 0.2) is 65.1 Å². The van der Waals surface area contributed by atoms with Gasteiger partial charge >= 0.3 is 5.97 Å². The Bertz CT molecular complexity index is 1330. The minimum absolute atomic E-state index is 0.128. The van der Waals surface area contributed by atoms with Crippen molar-refractivity contribution in [3.8, 4) is 0 Å². The second-order valence-corrected chi connectivity index (χ2v) is 11.5. The van der Waals surface area contributed by atoms with Gasteiger partial charge < -0.3 is 9.72 Å². The molecule has 0 amide bonds. The fourth-order valence-electron chi connectivity index (χ4n) is 5.03. The van der Waals surface area contributed by atoms with Crippen LogP contribution in [-0.2, 0) is 21.2 Å². The van der Waals surface area contributed by atoms with Gasteiger partial charge in [-0.1, -0.05) is 43.7 Å². The summed E-state index contributed by atoms with van der Waals surface area (Å²) in [6.07, 6.45) is 3.96. The Labute approximate surface area is 207 Å². The summed E-state index contributed by atoms with van der Waals surface area (Å²) >= 11 is 0. The molecular formula is C27H33N3O4S. The van der Waals surface area contributed by atoms with Gasteiger partial charge in [0.25, 0.3) is 0 Å². The summed E-state index contributed by atoms with van der Waals surface area (Å²) in [5.41, 5.74) is 3.37. The molecule has 1 aliphatic rings. The Morgan fingerprint density at radius 1 is 1.20 bits per heavy atom. The van der Waals surface area contributed by atoms with Crippen LogP contribution in [0.4, 0.5) is 0 Å². The lowest BCUT2D eigenvalue weighted by molar-refractivity contribution is 0.0601. The van der Waals surface area contributed by atoms with Crippen molar-refractivity contribution in [2.24, 2.45) is 23.7 Å². The molecule has 0 radical (unpaired) electrons. The maximum absolute atomic E-state index is 12.7. The quantitative estimate of drug-likeness (QED) is 0.348. The number of allylic oxidation sites excluding steroid dienone is 1. The van der Waals surface area contributed by atoms with Crippen LogP contribution in [0.5, 0.6) is 0 Å². The topological polar surface area (TPSA) is 101 Å². The average molecular weight is 496 g/mol. The van der Waals surface area contributed by atoms with Gasteiger partial charge in [0.1, 0.15) is 5.82 Å². The van der Waals surface area contributed by atoms with Gasteiger partial charge in [-0.05, 0) is 67.3 Å². The minimum atomic E-state index is -3.54. The van der Waals surface area contributed by atoms with E-state index in [4.69, 9.17) is 9.72 Å². The van der Waals surface area contributed by atoms with Crippen molar-refractivity contribution in [2.75, 3.05) is 13.7 Å². The number of imidazole rings is 1. The summed E-state index contributed by atoms with van der Waals surface area (Å²) in [6.45, 7) is 6.90. The number of carbonyl (C=O) groups is 1. The summed E-state index contributed by atoms with van der Waals surface area (Å²) in [7, 11) is -2.17. The predicted octanol–water partition coefficient (Wildman–Crippen LogP) is 4.73. The Morgan fingerprint density at radius 2 is 1.94 bits per heavy atom. The van der Waals surface area contributed by atoms with E-state index in [0.29, 0.717) is 29.9 Å². The number of aromatic amines is 1. The van der Waals surface area contributed by atoms with E-state index in [9.17, 15) is 13.2 Å². The van der Waals surface area contributed by atoms with Crippen LogP contribution >= 0.6 is 0 Å². The monoisotopic (exact) mass is 495 g/mol. The number of ether oxygens (including phenoxy) is 1. The summed E-state index contributed by atoms with van der Waals surface area (Å²) in [4.78, 5) is 20.2. The Balaban J connectivity index is 1.50. The molecular weight excluding hydrogens is 462 g/mol. The van der Waals surface area contributed by atoms with Crippen LogP contribution in [0.3, 0.4) is 0 Å². The molecule has 3 unspecified atom stereocenters. The first-order valence-corrected chi connectivity index (χ1v) is 13.5. The summed E-state index contributed by atoms with van der Waals surface area (Å²) in [5.74, 6) is 1.70. The number of sulfonamides is 1. The molecule has 2 aromatic carbocycles. The molecule has 1 heterocycles. The number of hydrogen-bond donors (Lipinski definition) is 2. The van der Waals surface area contributed by atoms with Crippen molar-refractivity contribution in [3.63, 3.8) is 0 Å². The van der Waals surface area contributed by atoms with E-state index in [2.05, 4.69) is 36.6 Å². The van der Waals surface area contributed by atoms with Gasteiger partial charge in [-0.25, -0.2) is 22.9 Å². The molecule has 0 fully saturated rings. The van der Waals surface area contributed by atoms with Crippen molar-refractivity contribution >= 4 is 27.0 Å². The molecule has 1 aliphatic carbocycles. The van der Waals surface area contributed by atoms with E-state index in [1.54, 1.807) is 42.5 Å². The lowest BCUT2D eigenvalue weighted by atomic mass is 9.70. The molecule has 3 atom stereocenters. The number of methoxy groups -OCH3 is 1. The third-order valence-electron chi connectivity index (χ3n) is 7.04. The highest BCUT2D eigenvalue weighted by Gasteiger charge is 2.33. The van der Waals surface area contributed by atoms with Crippen LogP contribution in [0.1, 0.15) is 43.4 Å².